The molecule has 1 aliphatic heterocycles. The highest BCUT2D eigenvalue weighted by atomic mass is 32.2. The van der Waals surface area contributed by atoms with Crippen LogP contribution in [0.25, 0.3) is 0 Å². The largest absolute Gasteiger partial charge is 0.399 e. The Balaban J connectivity index is 1.92. The second-order valence-corrected chi connectivity index (χ2v) is 6.44. The molecule has 2 atom stereocenters. The van der Waals surface area contributed by atoms with Gasteiger partial charge < -0.3 is 10.6 Å². The van der Waals surface area contributed by atoms with Crippen molar-refractivity contribution in [3.63, 3.8) is 0 Å². The van der Waals surface area contributed by atoms with Gasteiger partial charge in [-0.3, -0.25) is 4.79 Å². The summed E-state index contributed by atoms with van der Waals surface area (Å²) >= 11 is 1.94. The van der Waals surface area contributed by atoms with Crippen molar-refractivity contribution in [2.75, 3.05) is 24.3 Å². The number of carbonyl (C=O) groups is 1. The minimum absolute atomic E-state index is 0.240. The van der Waals surface area contributed by atoms with Crippen LogP contribution in [0.15, 0.2) is 24.3 Å². The summed E-state index contributed by atoms with van der Waals surface area (Å²) < 4.78 is 0. The van der Waals surface area contributed by atoms with Crippen LogP contribution in [0.5, 0.6) is 0 Å². The van der Waals surface area contributed by atoms with E-state index in [1.165, 1.54) is 11.3 Å². The van der Waals surface area contributed by atoms with Crippen LogP contribution in [0.4, 0.5) is 5.69 Å². The van der Waals surface area contributed by atoms with Crippen molar-refractivity contribution < 1.29 is 4.79 Å². The Morgan fingerprint density at radius 1 is 1.47 bits per heavy atom. The van der Waals surface area contributed by atoms with E-state index in [4.69, 9.17) is 5.73 Å². The van der Waals surface area contributed by atoms with E-state index in [9.17, 15) is 4.79 Å². The van der Waals surface area contributed by atoms with Crippen LogP contribution in [0.2, 0.25) is 0 Å². The van der Waals surface area contributed by atoms with Gasteiger partial charge in [-0.25, -0.2) is 0 Å². The first kappa shape index (κ1) is 14.3. The van der Waals surface area contributed by atoms with Crippen LogP contribution in [-0.4, -0.2) is 35.4 Å². The lowest BCUT2D eigenvalue weighted by atomic mass is 9.96. The number of nitrogens with zero attached hydrogens (tertiary/aromatic N) is 1. The summed E-state index contributed by atoms with van der Waals surface area (Å²) in [6.45, 7) is 2.10. The van der Waals surface area contributed by atoms with Crippen LogP contribution < -0.4 is 5.73 Å². The summed E-state index contributed by atoms with van der Waals surface area (Å²) in [7, 11) is 1.94. The van der Waals surface area contributed by atoms with Crippen molar-refractivity contribution in [2.45, 2.75) is 31.7 Å². The molecule has 1 saturated heterocycles. The molecule has 1 aliphatic rings. The summed E-state index contributed by atoms with van der Waals surface area (Å²) in [6, 6.07) is 8.25. The van der Waals surface area contributed by atoms with E-state index in [1.807, 2.05) is 48.0 Å². The Bertz CT molecular complexity index is 426. The first-order chi connectivity index (χ1) is 9.08. The molecule has 3 nitrogen and oxygen atoms in total. The molecule has 1 heterocycles. The van der Waals surface area contributed by atoms with Gasteiger partial charge >= 0.3 is 0 Å². The third kappa shape index (κ3) is 3.66. The number of nitrogen functional groups attached to an aromatic ring is 1. The zero-order valence-electron chi connectivity index (χ0n) is 11.6. The molecule has 0 aliphatic carbocycles. The van der Waals surface area contributed by atoms with Gasteiger partial charge in [0, 0.05) is 31.0 Å². The fourth-order valence-corrected chi connectivity index (χ4v) is 3.65. The Labute approximate surface area is 119 Å². The summed E-state index contributed by atoms with van der Waals surface area (Å²) in [5.74, 6) is 2.75. The minimum Gasteiger partial charge on any atom is -0.399 e. The van der Waals surface area contributed by atoms with Gasteiger partial charge in [0.2, 0.25) is 5.91 Å². The number of carbonyl (C=O) groups excluding carboxylic acids is 1. The van der Waals surface area contributed by atoms with Crippen molar-refractivity contribution in [2.24, 2.45) is 0 Å². The zero-order chi connectivity index (χ0) is 13.8. The molecule has 19 heavy (non-hydrogen) atoms. The zero-order valence-corrected chi connectivity index (χ0v) is 12.5. The van der Waals surface area contributed by atoms with Crippen LogP contribution >= 0.6 is 11.8 Å². The number of hydrogen-bond donors (Lipinski definition) is 1. The highest BCUT2D eigenvalue weighted by Gasteiger charge is 2.24. The molecule has 4 heteroatoms. The highest BCUT2D eigenvalue weighted by molar-refractivity contribution is 7.99. The molecule has 1 fully saturated rings. The van der Waals surface area contributed by atoms with Gasteiger partial charge in [-0.15, -0.1) is 0 Å². The lowest BCUT2D eigenvalue weighted by Crippen LogP contribution is -2.37. The van der Waals surface area contributed by atoms with Gasteiger partial charge in [-0.1, -0.05) is 19.1 Å². The van der Waals surface area contributed by atoms with Crippen molar-refractivity contribution in [1.82, 2.24) is 4.90 Å². The lowest BCUT2D eigenvalue weighted by molar-refractivity contribution is -0.131. The molecule has 104 valence electrons. The summed E-state index contributed by atoms with van der Waals surface area (Å²) in [5, 5.41) is 0. The quantitative estimate of drug-likeness (QED) is 0.861. The second kappa shape index (κ2) is 6.33. The Morgan fingerprint density at radius 2 is 2.16 bits per heavy atom. The van der Waals surface area contributed by atoms with Crippen molar-refractivity contribution in [3.8, 4) is 0 Å². The molecule has 2 N–H and O–H groups in total. The maximum absolute atomic E-state index is 12.3. The summed E-state index contributed by atoms with van der Waals surface area (Å²) in [4.78, 5) is 14.2. The summed E-state index contributed by atoms with van der Waals surface area (Å²) in [5.41, 5.74) is 7.63. The molecule has 0 aromatic heterocycles. The maximum Gasteiger partial charge on any atom is 0.223 e. The molecule has 1 aromatic rings. The van der Waals surface area contributed by atoms with E-state index in [0.717, 1.165) is 17.9 Å². The molecule has 1 aromatic carbocycles. The van der Waals surface area contributed by atoms with Crippen LogP contribution in [0, 0.1) is 0 Å². The minimum atomic E-state index is 0.240. The molecule has 0 radical (unpaired) electrons. The predicted molar refractivity (Wildman–Crippen MR) is 82.4 cm³/mol. The molecule has 1 amide bonds. The van der Waals surface area contributed by atoms with E-state index in [0.29, 0.717) is 12.5 Å². The number of hydrogen-bond acceptors (Lipinski definition) is 3. The van der Waals surface area contributed by atoms with E-state index in [-0.39, 0.29) is 11.8 Å². The highest BCUT2D eigenvalue weighted by Crippen LogP contribution is 2.25. The van der Waals surface area contributed by atoms with Gasteiger partial charge in [-0.2, -0.15) is 11.8 Å². The number of thioether (sulfide) groups is 1. The van der Waals surface area contributed by atoms with Crippen LogP contribution in [0.1, 0.15) is 31.2 Å². The van der Waals surface area contributed by atoms with Gasteiger partial charge in [-0.05, 0) is 35.8 Å². The fraction of sp³-hybridized carbons (Fsp3) is 0.533. The molecule has 0 saturated carbocycles. The number of rotatable bonds is 4. The molecule has 2 unspecified atom stereocenters. The Morgan fingerprint density at radius 3 is 2.74 bits per heavy atom. The Kier molecular flexibility index (Phi) is 4.75. The lowest BCUT2D eigenvalue weighted by Gasteiger charge is -2.25. The van der Waals surface area contributed by atoms with E-state index < -0.39 is 0 Å². The predicted octanol–water partition coefficient (Wildman–Crippen LogP) is 2.73. The molecular weight excluding hydrogens is 256 g/mol. The van der Waals surface area contributed by atoms with E-state index in [2.05, 4.69) is 6.92 Å². The van der Waals surface area contributed by atoms with Gasteiger partial charge in [0.15, 0.2) is 0 Å². The first-order valence-corrected chi connectivity index (χ1v) is 7.92. The topological polar surface area (TPSA) is 46.3 Å². The smallest absolute Gasteiger partial charge is 0.223 e. The number of nitrogens with two attached hydrogens (primary N) is 1. The first-order valence-electron chi connectivity index (χ1n) is 6.76. The molecular formula is C15H22N2OS. The van der Waals surface area contributed by atoms with E-state index >= 15 is 0 Å². The molecule has 0 bridgehead atoms. The number of amides is 1. The van der Waals surface area contributed by atoms with Crippen LogP contribution in [0.3, 0.4) is 0 Å². The normalized spacial score (nSPS) is 20.2. The average molecular weight is 278 g/mol. The van der Waals surface area contributed by atoms with Gasteiger partial charge in [0.05, 0.1) is 0 Å². The fourth-order valence-electron chi connectivity index (χ4n) is 2.38. The standard InChI is InChI=1S/C15H22N2OS/c1-11(12-3-5-13(16)6-4-12)9-15(18)17(2)14-7-8-19-10-14/h3-6,11,14H,7-10,16H2,1-2H3. The molecule has 2 rings (SSSR count). The number of anilines is 1. The number of benzene rings is 1. The van der Waals surface area contributed by atoms with Gasteiger partial charge in [0.25, 0.3) is 0 Å². The maximum atomic E-state index is 12.3. The SMILES string of the molecule is CC(CC(=O)N(C)C1CCSC1)c1ccc(N)cc1. The van der Waals surface area contributed by atoms with Gasteiger partial charge in [0.1, 0.15) is 0 Å². The molecule has 0 spiro atoms. The second-order valence-electron chi connectivity index (χ2n) is 5.29. The van der Waals surface area contributed by atoms with Crippen molar-refractivity contribution in [1.29, 1.82) is 0 Å². The average Bonchev–Trinajstić information content (AvgIpc) is 2.92. The van der Waals surface area contributed by atoms with Crippen LogP contribution in [-0.2, 0) is 4.79 Å². The van der Waals surface area contributed by atoms with Crippen molar-refractivity contribution in [3.05, 3.63) is 29.8 Å². The van der Waals surface area contributed by atoms with E-state index in [1.54, 1.807) is 0 Å². The summed E-state index contributed by atoms with van der Waals surface area (Å²) in [6.07, 6.45) is 1.70. The Hall–Kier alpha value is -1.16. The monoisotopic (exact) mass is 278 g/mol. The third-order valence-electron chi connectivity index (χ3n) is 3.83. The van der Waals surface area contributed by atoms with Crippen molar-refractivity contribution >= 4 is 23.4 Å². The third-order valence-corrected chi connectivity index (χ3v) is 4.98.